The van der Waals surface area contributed by atoms with E-state index in [0.29, 0.717) is 0 Å². The summed E-state index contributed by atoms with van der Waals surface area (Å²) in [5.41, 5.74) is -0.159. The first kappa shape index (κ1) is 9.21. The molecule has 0 heterocycles. The molecule has 0 aromatic heterocycles. The van der Waals surface area contributed by atoms with E-state index in [1.54, 1.807) is 0 Å². The summed E-state index contributed by atoms with van der Waals surface area (Å²) in [6.45, 7) is 9.04. The van der Waals surface area contributed by atoms with Crippen LogP contribution in [0, 0.1) is 5.41 Å². The Kier molecular flexibility index (Phi) is 2.64. The maximum absolute atomic E-state index is 10.3. The van der Waals surface area contributed by atoms with Crippen LogP contribution in [0.25, 0.3) is 0 Å². The first-order valence-electron chi connectivity index (χ1n) is 3.32. The van der Waals surface area contributed by atoms with Crippen LogP contribution < -0.4 is 5.11 Å². The molecule has 0 bridgehead atoms. The lowest BCUT2D eigenvalue weighted by Gasteiger charge is -2.25. The van der Waals surface area contributed by atoms with Crippen molar-refractivity contribution >= 4 is 5.97 Å². The van der Waals surface area contributed by atoms with E-state index in [4.69, 9.17) is 0 Å². The first-order chi connectivity index (χ1) is 4.41. The second-order valence-electron chi connectivity index (χ2n) is 3.00. The molecule has 2 heteroatoms. The molecule has 0 rings (SSSR count). The van der Waals surface area contributed by atoms with Crippen molar-refractivity contribution in [2.24, 2.45) is 5.41 Å². The number of carbonyl (C=O) groups excluding carboxylic acids is 1. The zero-order valence-corrected chi connectivity index (χ0v) is 6.73. The summed E-state index contributed by atoms with van der Waals surface area (Å²) in [5, 5.41) is 10.3. The number of hydrogen-bond acceptors (Lipinski definition) is 2. The Balaban J connectivity index is 4.33. The van der Waals surface area contributed by atoms with Gasteiger partial charge < -0.3 is 9.90 Å². The van der Waals surface area contributed by atoms with Crippen LogP contribution in [0.4, 0.5) is 0 Å². The number of rotatable bonds is 3. The van der Waals surface area contributed by atoms with Gasteiger partial charge in [-0.1, -0.05) is 27.4 Å². The Morgan fingerprint density at radius 1 is 1.60 bits per heavy atom. The quantitative estimate of drug-likeness (QED) is 0.543. The molecule has 0 aliphatic heterocycles. The summed E-state index contributed by atoms with van der Waals surface area (Å²) < 4.78 is 0. The van der Waals surface area contributed by atoms with Gasteiger partial charge in [-0.25, -0.2) is 0 Å². The van der Waals surface area contributed by atoms with E-state index in [-0.39, 0.29) is 11.0 Å². The molecular formula is C8H13O2-. The van der Waals surface area contributed by atoms with Crippen molar-refractivity contribution in [1.29, 1.82) is 0 Å². The molecule has 0 fully saturated rings. The van der Waals surface area contributed by atoms with Crippen LogP contribution in [0.3, 0.4) is 0 Å². The van der Waals surface area contributed by atoms with Gasteiger partial charge in [-0.05, 0) is 17.4 Å². The van der Waals surface area contributed by atoms with Gasteiger partial charge in [0, 0.05) is 0 Å². The normalized spacial score (nSPS) is 11.1. The predicted octanol–water partition coefficient (Wildman–Crippen LogP) is 0.729. The highest BCUT2D eigenvalue weighted by Crippen LogP contribution is 2.27. The standard InChI is InChI=1S/C8H14O2/c1-5-8(3,4)6(2)7(9)10/h2,5H2,1,3-4H3,(H,9,10)/p-1. The summed E-state index contributed by atoms with van der Waals surface area (Å²) >= 11 is 0. The fourth-order valence-corrected chi connectivity index (χ4v) is 0.490. The van der Waals surface area contributed by atoms with Crippen LogP contribution in [-0.4, -0.2) is 5.97 Å². The van der Waals surface area contributed by atoms with Gasteiger partial charge >= 0.3 is 0 Å². The first-order valence-corrected chi connectivity index (χ1v) is 3.32. The van der Waals surface area contributed by atoms with Crippen molar-refractivity contribution in [1.82, 2.24) is 0 Å². The monoisotopic (exact) mass is 141 g/mol. The van der Waals surface area contributed by atoms with Gasteiger partial charge in [0.15, 0.2) is 0 Å². The van der Waals surface area contributed by atoms with Gasteiger partial charge in [0.2, 0.25) is 0 Å². The van der Waals surface area contributed by atoms with E-state index in [1.165, 1.54) is 0 Å². The van der Waals surface area contributed by atoms with E-state index >= 15 is 0 Å². The highest BCUT2D eigenvalue weighted by molar-refractivity contribution is 5.85. The van der Waals surface area contributed by atoms with Crippen molar-refractivity contribution < 1.29 is 9.90 Å². The van der Waals surface area contributed by atoms with E-state index < -0.39 is 5.97 Å². The Morgan fingerprint density at radius 3 is 2.10 bits per heavy atom. The zero-order valence-electron chi connectivity index (χ0n) is 6.73. The van der Waals surface area contributed by atoms with Crippen LogP contribution in [0.1, 0.15) is 27.2 Å². The predicted molar refractivity (Wildman–Crippen MR) is 38.2 cm³/mol. The molecule has 0 N–H and O–H groups in total. The van der Waals surface area contributed by atoms with Gasteiger partial charge in [0.05, 0.1) is 5.97 Å². The van der Waals surface area contributed by atoms with Crippen LogP contribution in [0.2, 0.25) is 0 Å². The molecule has 58 valence electrons. The van der Waals surface area contributed by atoms with Gasteiger partial charge in [0.25, 0.3) is 0 Å². The third-order valence-electron chi connectivity index (χ3n) is 1.95. The highest BCUT2D eigenvalue weighted by Gasteiger charge is 2.19. The molecule has 0 spiro atoms. The van der Waals surface area contributed by atoms with Crippen molar-refractivity contribution in [2.45, 2.75) is 27.2 Å². The van der Waals surface area contributed by atoms with E-state index in [9.17, 15) is 9.90 Å². The maximum atomic E-state index is 10.3. The molecule has 0 saturated carbocycles. The summed E-state index contributed by atoms with van der Waals surface area (Å²) in [4.78, 5) is 10.3. The summed E-state index contributed by atoms with van der Waals surface area (Å²) in [7, 11) is 0. The van der Waals surface area contributed by atoms with Gasteiger partial charge in [0.1, 0.15) is 0 Å². The average molecular weight is 141 g/mol. The Labute approximate surface area is 61.6 Å². The summed E-state index contributed by atoms with van der Waals surface area (Å²) in [6.07, 6.45) is 0.764. The minimum absolute atomic E-state index is 0.176. The molecule has 0 unspecified atom stereocenters. The van der Waals surface area contributed by atoms with Crippen LogP contribution in [-0.2, 0) is 4.79 Å². The molecule has 0 aliphatic carbocycles. The van der Waals surface area contributed by atoms with Crippen LogP contribution >= 0.6 is 0 Å². The van der Waals surface area contributed by atoms with Crippen LogP contribution in [0.5, 0.6) is 0 Å². The van der Waals surface area contributed by atoms with Crippen LogP contribution in [0.15, 0.2) is 12.2 Å². The zero-order chi connectivity index (χ0) is 8.36. The highest BCUT2D eigenvalue weighted by atomic mass is 16.4. The van der Waals surface area contributed by atoms with E-state index in [0.717, 1.165) is 6.42 Å². The van der Waals surface area contributed by atoms with Crippen molar-refractivity contribution in [3.63, 3.8) is 0 Å². The lowest BCUT2D eigenvalue weighted by molar-refractivity contribution is -0.300. The number of aliphatic carboxylic acids is 1. The van der Waals surface area contributed by atoms with Crippen molar-refractivity contribution in [2.75, 3.05) is 0 Å². The molecule has 10 heavy (non-hydrogen) atoms. The van der Waals surface area contributed by atoms with Gasteiger partial charge in [-0.3, -0.25) is 0 Å². The smallest absolute Gasteiger partial charge is 0.0674 e. The molecule has 0 aromatic carbocycles. The molecule has 0 saturated heterocycles. The number of carboxylic acid groups (broad SMARTS) is 1. The molecule has 0 radical (unpaired) electrons. The lowest BCUT2D eigenvalue weighted by atomic mass is 9.83. The Morgan fingerprint density at radius 2 is 2.00 bits per heavy atom. The fraction of sp³-hybridized carbons (Fsp3) is 0.625. The minimum atomic E-state index is -1.15. The van der Waals surface area contributed by atoms with Crippen molar-refractivity contribution in [3.8, 4) is 0 Å². The average Bonchev–Trinajstić information content (AvgIpc) is 1.86. The van der Waals surface area contributed by atoms with E-state index in [1.807, 2.05) is 20.8 Å². The third kappa shape index (κ3) is 1.87. The van der Waals surface area contributed by atoms with Gasteiger partial charge in [-0.2, -0.15) is 0 Å². The number of hydrogen-bond donors (Lipinski definition) is 0. The second kappa shape index (κ2) is 2.86. The SMILES string of the molecule is C=C(C(=O)[O-])C(C)(C)CC. The van der Waals surface area contributed by atoms with E-state index in [2.05, 4.69) is 6.58 Å². The lowest BCUT2D eigenvalue weighted by Crippen LogP contribution is -2.31. The molecule has 0 atom stereocenters. The number of carboxylic acids is 1. The molecule has 0 aromatic rings. The molecule has 0 aliphatic rings. The third-order valence-corrected chi connectivity index (χ3v) is 1.95. The summed E-state index contributed by atoms with van der Waals surface area (Å²) in [6, 6.07) is 0. The number of carbonyl (C=O) groups is 1. The molecule has 0 amide bonds. The second-order valence-corrected chi connectivity index (χ2v) is 3.00. The topological polar surface area (TPSA) is 40.1 Å². The minimum Gasteiger partial charge on any atom is -0.545 e. The largest absolute Gasteiger partial charge is 0.545 e. The van der Waals surface area contributed by atoms with Crippen molar-refractivity contribution in [3.05, 3.63) is 12.2 Å². The molecule has 2 nitrogen and oxygen atoms in total. The fourth-order valence-electron chi connectivity index (χ4n) is 0.490. The van der Waals surface area contributed by atoms with Gasteiger partial charge in [-0.15, -0.1) is 0 Å². The Bertz CT molecular complexity index is 157. The molecular weight excluding hydrogens is 128 g/mol. The summed E-state index contributed by atoms with van der Waals surface area (Å²) in [5.74, 6) is -1.15. The maximum Gasteiger partial charge on any atom is 0.0674 e. The Hall–Kier alpha value is -0.790.